The SMILES string of the molecule is O=C(NCc1ccccc1C12CCCC(CN1)C2)c1nccc(C(F)(F)F)c1Cl. The smallest absolute Gasteiger partial charge is 0.347 e. The van der Waals surface area contributed by atoms with Crippen molar-refractivity contribution in [2.24, 2.45) is 5.92 Å². The molecule has 1 aromatic heterocycles. The number of benzene rings is 1. The topological polar surface area (TPSA) is 54.0 Å². The van der Waals surface area contributed by atoms with Crippen LogP contribution in [0.15, 0.2) is 36.5 Å². The van der Waals surface area contributed by atoms with Gasteiger partial charge >= 0.3 is 6.18 Å². The highest BCUT2D eigenvalue weighted by molar-refractivity contribution is 6.34. The lowest BCUT2D eigenvalue weighted by atomic mass is 9.74. The van der Waals surface area contributed by atoms with Crippen molar-refractivity contribution in [3.8, 4) is 0 Å². The van der Waals surface area contributed by atoms with Crippen molar-refractivity contribution in [1.29, 1.82) is 0 Å². The molecule has 1 saturated carbocycles. The van der Waals surface area contributed by atoms with Crippen LogP contribution in [-0.4, -0.2) is 17.4 Å². The molecule has 1 aromatic carbocycles. The summed E-state index contributed by atoms with van der Waals surface area (Å²) >= 11 is 5.82. The predicted molar refractivity (Wildman–Crippen MR) is 103 cm³/mol. The minimum absolute atomic E-state index is 0.0870. The van der Waals surface area contributed by atoms with Gasteiger partial charge in [0.1, 0.15) is 5.69 Å². The van der Waals surface area contributed by atoms with E-state index in [1.165, 1.54) is 6.42 Å². The van der Waals surface area contributed by atoms with Gasteiger partial charge in [-0.2, -0.15) is 13.2 Å². The number of pyridine rings is 1. The number of fused-ring (bicyclic) bond motifs is 2. The average Bonchev–Trinajstić information content (AvgIpc) is 3.00. The molecule has 29 heavy (non-hydrogen) atoms. The number of alkyl halides is 3. The summed E-state index contributed by atoms with van der Waals surface area (Å²) < 4.78 is 39.1. The second kappa shape index (κ2) is 7.61. The van der Waals surface area contributed by atoms with E-state index in [1.807, 2.05) is 18.2 Å². The molecule has 2 heterocycles. The fourth-order valence-electron chi connectivity index (χ4n) is 4.63. The molecule has 1 saturated heterocycles. The van der Waals surface area contributed by atoms with Crippen molar-refractivity contribution in [1.82, 2.24) is 15.6 Å². The van der Waals surface area contributed by atoms with Crippen molar-refractivity contribution in [3.63, 3.8) is 0 Å². The molecule has 154 valence electrons. The van der Waals surface area contributed by atoms with Crippen molar-refractivity contribution in [2.45, 2.75) is 43.9 Å². The van der Waals surface area contributed by atoms with Gasteiger partial charge in [-0.15, -0.1) is 0 Å². The predicted octanol–water partition coefficient (Wildman–Crippen LogP) is 4.67. The third-order valence-electron chi connectivity index (χ3n) is 5.96. The first-order chi connectivity index (χ1) is 13.8. The lowest BCUT2D eigenvalue weighted by molar-refractivity contribution is -0.137. The van der Waals surface area contributed by atoms with Gasteiger partial charge in [0.25, 0.3) is 5.91 Å². The Morgan fingerprint density at radius 3 is 2.90 bits per heavy atom. The number of carbonyl (C=O) groups is 1. The number of hydrogen-bond donors (Lipinski definition) is 2. The van der Waals surface area contributed by atoms with Crippen LogP contribution >= 0.6 is 11.6 Å². The van der Waals surface area contributed by atoms with Crippen molar-refractivity contribution < 1.29 is 18.0 Å². The molecule has 2 N–H and O–H groups in total. The summed E-state index contributed by atoms with van der Waals surface area (Å²) in [5.41, 5.74) is 0.511. The van der Waals surface area contributed by atoms with Crippen LogP contribution in [-0.2, 0) is 18.3 Å². The highest BCUT2D eigenvalue weighted by Gasteiger charge is 2.43. The van der Waals surface area contributed by atoms with Gasteiger partial charge in [-0.3, -0.25) is 4.79 Å². The Morgan fingerprint density at radius 1 is 1.31 bits per heavy atom. The van der Waals surface area contributed by atoms with E-state index in [9.17, 15) is 18.0 Å². The summed E-state index contributed by atoms with van der Waals surface area (Å²) in [6, 6.07) is 8.64. The number of halogens is 4. The van der Waals surface area contributed by atoms with E-state index in [2.05, 4.69) is 21.7 Å². The molecule has 2 fully saturated rings. The van der Waals surface area contributed by atoms with Gasteiger partial charge in [-0.1, -0.05) is 42.3 Å². The first-order valence-electron chi connectivity index (χ1n) is 9.63. The second-order valence-corrected chi connectivity index (χ2v) is 8.16. The van der Waals surface area contributed by atoms with Gasteiger partial charge in [0.2, 0.25) is 0 Å². The summed E-state index contributed by atoms with van der Waals surface area (Å²) in [6.07, 6.45) is 0.789. The van der Waals surface area contributed by atoms with E-state index in [0.29, 0.717) is 5.92 Å². The number of rotatable bonds is 4. The molecule has 2 bridgehead atoms. The number of carbonyl (C=O) groups excluding carboxylic acids is 1. The highest BCUT2D eigenvalue weighted by atomic mass is 35.5. The first kappa shape index (κ1) is 20.2. The normalized spacial score (nSPS) is 23.8. The summed E-state index contributed by atoms with van der Waals surface area (Å²) in [6.45, 7) is 1.18. The van der Waals surface area contributed by atoms with Gasteiger partial charge in [-0.25, -0.2) is 4.98 Å². The van der Waals surface area contributed by atoms with E-state index in [0.717, 1.165) is 49.2 Å². The van der Waals surface area contributed by atoms with E-state index >= 15 is 0 Å². The molecule has 8 heteroatoms. The Morgan fingerprint density at radius 2 is 2.10 bits per heavy atom. The van der Waals surface area contributed by atoms with Crippen LogP contribution in [0.1, 0.15) is 52.9 Å². The molecule has 0 spiro atoms. The second-order valence-electron chi connectivity index (χ2n) is 7.78. The Bertz CT molecular complexity index is 930. The summed E-state index contributed by atoms with van der Waals surface area (Å²) in [5, 5.41) is 5.67. The summed E-state index contributed by atoms with van der Waals surface area (Å²) in [5.74, 6) is -0.0613. The lowest BCUT2D eigenvalue weighted by Crippen LogP contribution is -2.38. The number of nitrogens with one attached hydrogen (secondary N) is 2. The Kier molecular flexibility index (Phi) is 5.29. The summed E-state index contributed by atoms with van der Waals surface area (Å²) in [7, 11) is 0. The van der Waals surface area contributed by atoms with Gasteiger partial charge in [0.05, 0.1) is 10.6 Å². The van der Waals surface area contributed by atoms with E-state index in [4.69, 9.17) is 11.6 Å². The van der Waals surface area contributed by atoms with Gasteiger partial charge < -0.3 is 10.6 Å². The van der Waals surface area contributed by atoms with Crippen LogP contribution in [0.25, 0.3) is 0 Å². The maximum absolute atomic E-state index is 13.0. The minimum Gasteiger partial charge on any atom is -0.347 e. The first-order valence-corrected chi connectivity index (χ1v) is 10.0. The number of hydrogen-bond acceptors (Lipinski definition) is 3. The minimum atomic E-state index is -4.65. The lowest BCUT2D eigenvalue weighted by Gasteiger charge is -2.35. The van der Waals surface area contributed by atoms with E-state index in [-0.39, 0.29) is 12.1 Å². The molecule has 4 nitrogen and oxygen atoms in total. The largest absolute Gasteiger partial charge is 0.417 e. The molecule has 0 radical (unpaired) electrons. The maximum atomic E-state index is 13.0. The third-order valence-corrected chi connectivity index (χ3v) is 6.35. The maximum Gasteiger partial charge on any atom is 0.417 e. The molecule has 2 aliphatic rings. The Labute approximate surface area is 171 Å². The molecule has 4 rings (SSSR count). The van der Waals surface area contributed by atoms with E-state index in [1.54, 1.807) is 0 Å². The van der Waals surface area contributed by atoms with Crippen LogP contribution < -0.4 is 10.6 Å². The summed E-state index contributed by atoms with van der Waals surface area (Å²) in [4.78, 5) is 16.3. The van der Waals surface area contributed by atoms with Crippen molar-refractivity contribution in [3.05, 3.63) is 63.9 Å². The molecule has 1 aliphatic heterocycles. The zero-order valence-corrected chi connectivity index (χ0v) is 16.4. The van der Waals surface area contributed by atoms with Gasteiger partial charge in [0.15, 0.2) is 0 Å². The quantitative estimate of drug-likeness (QED) is 0.751. The van der Waals surface area contributed by atoms with Crippen molar-refractivity contribution >= 4 is 17.5 Å². The van der Waals surface area contributed by atoms with Crippen LogP contribution in [0.3, 0.4) is 0 Å². The number of aromatic nitrogens is 1. The third kappa shape index (κ3) is 3.85. The van der Waals surface area contributed by atoms with Crippen LogP contribution in [0.2, 0.25) is 5.02 Å². The van der Waals surface area contributed by atoms with Crippen LogP contribution in [0.5, 0.6) is 0 Å². The number of nitrogens with zero attached hydrogens (tertiary/aromatic N) is 1. The zero-order chi connectivity index (χ0) is 20.6. The molecule has 2 aromatic rings. The average molecular weight is 424 g/mol. The van der Waals surface area contributed by atoms with Crippen molar-refractivity contribution in [2.75, 3.05) is 6.54 Å². The van der Waals surface area contributed by atoms with Gasteiger partial charge in [0, 0.05) is 18.3 Å². The molecule has 1 amide bonds. The fraction of sp³-hybridized carbons (Fsp3) is 0.429. The highest BCUT2D eigenvalue weighted by Crippen LogP contribution is 2.45. The molecule has 1 aliphatic carbocycles. The standard InChI is InChI=1S/C21H21ClF3N3O/c22-17-16(21(23,24)25)7-9-26-18(17)19(29)27-12-14-5-1-2-6-15(14)20-8-3-4-13(10-20)11-28-20/h1-2,5-7,9,13,28H,3-4,8,10-12H2,(H,27,29). The fourth-order valence-corrected chi connectivity index (χ4v) is 4.93. The van der Waals surface area contributed by atoms with Gasteiger partial charge in [-0.05, 0) is 48.9 Å². The Hall–Kier alpha value is -2.12. The molecule has 2 atom stereocenters. The zero-order valence-electron chi connectivity index (χ0n) is 15.7. The molecule has 2 unspecified atom stereocenters. The number of amides is 1. The molecular weight excluding hydrogens is 403 g/mol. The van der Waals surface area contributed by atoms with Crippen LogP contribution in [0.4, 0.5) is 13.2 Å². The van der Waals surface area contributed by atoms with E-state index < -0.39 is 28.4 Å². The van der Waals surface area contributed by atoms with Crippen LogP contribution in [0, 0.1) is 5.92 Å². The Balaban J connectivity index is 1.55. The monoisotopic (exact) mass is 423 g/mol. The molecular formula is C21H21ClF3N3O.